The van der Waals surface area contributed by atoms with E-state index in [0.29, 0.717) is 33.1 Å². The van der Waals surface area contributed by atoms with Crippen LogP contribution in [0.3, 0.4) is 0 Å². The highest BCUT2D eigenvalue weighted by atomic mass is 32.2. The van der Waals surface area contributed by atoms with Crippen molar-refractivity contribution in [3.8, 4) is 0 Å². The molecule has 4 heterocycles. The molecule has 0 bridgehead atoms. The molecule has 5 rings (SSSR count). The van der Waals surface area contributed by atoms with E-state index in [-0.39, 0.29) is 11.6 Å². The first-order chi connectivity index (χ1) is 14.0. The number of aromatic amines is 1. The van der Waals surface area contributed by atoms with Crippen molar-refractivity contribution in [1.82, 2.24) is 29.5 Å². The van der Waals surface area contributed by atoms with Crippen LogP contribution in [0.15, 0.2) is 36.0 Å². The van der Waals surface area contributed by atoms with Crippen LogP contribution in [-0.2, 0) is 4.74 Å². The molecule has 3 aromatic heterocycles. The van der Waals surface area contributed by atoms with Crippen LogP contribution in [-0.4, -0.2) is 63.8 Å². The van der Waals surface area contributed by atoms with Crippen molar-refractivity contribution in [3.05, 3.63) is 36.7 Å². The van der Waals surface area contributed by atoms with E-state index in [1.165, 1.54) is 41.1 Å². The molecule has 0 saturated carbocycles. The fraction of sp³-hybridized carbons (Fsp3) is 0.294. The summed E-state index contributed by atoms with van der Waals surface area (Å²) in [6.45, 7) is 0. The van der Waals surface area contributed by atoms with Gasteiger partial charge in [0, 0.05) is 5.75 Å². The topological polar surface area (TPSA) is 148 Å². The first kappa shape index (κ1) is 18.2. The van der Waals surface area contributed by atoms with Gasteiger partial charge in [0.1, 0.15) is 29.9 Å². The first-order valence-electron chi connectivity index (χ1n) is 8.74. The van der Waals surface area contributed by atoms with Gasteiger partial charge in [0.25, 0.3) is 0 Å². The molecule has 1 fully saturated rings. The fourth-order valence-corrected chi connectivity index (χ4v) is 4.28. The summed E-state index contributed by atoms with van der Waals surface area (Å²) in [7, 11) is 0. The number of H-pyrrole nitrogens is 1. The number of fused-ring (bicyclic) bond motifs is 2. The van der Waals surface area contributed by atoms with E-state index in [1.54, 1.807) is 6.07 Å². The average Bonchev–Trinajstić information content (AvgIpc) is 3.38. The number of ether oxygens (including phenoxy) is 1. The number of anilines is 1. The van der Waals surface area contributed by atoms with E-state index in [0.717, 1.165) is 0 Å². The molecule has 12 heteroatoms. The third-order valence-corrected chi connectivity index (χ3v) is 5.77. The van der Waals surface area contributed by atoms with Crippen molar-refractivity contribution in [2.24, 2.45) is 0 Å². The summed E-state index contributed by atoms with van der Waals surface area (Å²) in [5.74, 6) is 0.186. The highest BCUT2D eigenvalue weighted by molar-refractivity contribution is 7.99. The van der Waals surface area contributed by atoms with Crippen molar-refractivity contribution in [3.63, 3.8) is 0 Å². The number of aliphatic hydroxyl groups is 2. The minimum absolute atomic E-state index is 0.218. The lowest BCUT2D eigenvalue weighted by molar-refractivity contribution is -0.0289. The van der Waals surface area contributed by atoms with E-state index >= 15 is 0 Å². The number of nitrogens with two attached hydrogens (primary N) is 1. The Balaban J connectivity index is 1.34. The van der Waals surface area contributed by atoms with Gasteiger partial charge >= 0.3 is 0 Å². The number of imidazole rings is 2. The number of aromatic nitrogens is 6. The van der Waals surface area contributed by atoms with E-state index in [1.807, 2.05) is 0 Å². The van der Waals surface area contributed by atoms with Gasteiger partial charge in [-0.15, -0.1) is 0 Å². The number of hydrogen-bond donors (Lipinski definition) is 4. The number of nitrogens with one attached hydrogen (secondary N) is 1. The Kier molecular flexibility index (Phi) is 4.35. The molecule has 0 spiro atoms. The Morgan fingerprint density at radius 2 is 2.10 bits per heavy atom. The van der Waals surface area contributed by atoms with Crippen LogP contribution in [0.1, 0.15) is 6.23 Å². The van der Waals surface area contributed by atoms with Crippen molar-refractivity contribution in [1.29, 1.82) is 0 Å². The minimum Gasteiger partial charge on any atom is -0.387 e. The van der Waals surface area contributed by atoms with Gasteiger partial charge in [-0.05, 0) is 18.2 Å². The second-order valence-electron chi connectivity index (χ2n) is 6.64. The summed E-state index contributed by atoms with van der Waals surface area (Å²) in [6, 6.07) is 4.29. The molecule has 29 heavy (non-hydrogen) atoms. The van der Waals surface area contributed by atoms with Crippen LogP contribution < -0.4 is 5.73 Å². The van der Waals surface area contributed by atoms with Crippen LogP contribution in [0.25, 0.3) is 22.2 Å². The van der Waals surface area contributed by atoms with Crippen LogP contribution in [0.5, 0.6) is 0 Å². The predicted molar refractivity (Wildman–Crippen MR) is 102 cm³/mol. The van der Waals surface area contributed by atoms with Gasteiger partial charge in [0.15, 0.2) is 22.8 Å². The Hall–Kier alpha value is -2.80. The maximum absolute atomic E-state index is 13.3. The Labute approximate surface area is 167 Å². The largest absolute Gasteiger partial charge is 0.387 e. The van der Waals surface area contributed by atoms with E-state index in [4.69, 9.17) is 10.5 Å². The number of thioether (sulfide) groups is 1. The summed E-state index contributed by atoms with van der Waals surface area (Å²) >= 11 is 1.30. The zero-order chi connectivity index (χ0) is 20.1. The Morgan fingerprint density at radius 1 is 1.24 bits per heavy atom. The normalized spacial score (nSPS) is 24.7. The molecule has 4 aromatic rings. The zero-order valence-corrected chi connectivity index (χ0v) is 15.6. The third-order valence-electron chi connectivity index (χ3n) is 4.80. The lowest BCUT2D eigenvalue weighted by Gasteiger charge is -2.16. The minimum atomic E-state index is -1.18. The molecular weight excluding hydrogens is 401 g/mol. The fourth-order valence-electron chi connectivity index (χ4n) is 3.34. The maximum atomic E-state index is 13.3. The first-order valence-corrected chi connectivity index (χ1v) is 9.72. The summed E-state index contributed by atoms with van der Waals surface area (Å²) in [5.41, 5.74) is 7.82. The lowest BCUT2D eigenvalue weighted by Crippen LogP contribution is -2.32. The summed E-state index contributed by atoms with van der Waals surface area (Å²) < 4.78 is 20.7. The van der Waals surface area contributed by atoms with Crippen LogP contribution in [0.2, 0.25) is 0 Å². The summed E-state index contributed by atoms with van der Waals surface area (Å²) in [4.78, 5) is 19.6. The van der Waals surface area contributed by atoms with Crippen LogP contribution in [0.4, 0.5) is 10.2 Å². The van der Waals surface area contributed by atoms with E-state index < -0.39 is 24.5 Å². The number of halogens is 1. The molecule has 150 valence electrons. The molecule has 10 nitrogen and oxygen atoms in total. The zero-order valence-electron chi connectivity index (χ0n) is 14.8. The summed E-state index contributed by atoms with van der Waals surface area (Å²) in [6.07, 6.45) is -1.10. The number of rotatable bonds is 4. The molecule has 1 saturated heterocycles. The monoisotopic (exact) mass is 417 g/mol. The highest BCUT2D eigenvalue weighted by Crippen LogP contribution is 2.34. The van der Waals surface area contributed by atoms with E-state index in [2.05, 4.69) is 24.9 Å². The van der Waals surface area contributed by atoms with Gasteiger partial charge in [0.2, 0.25) is 0 Å². The van der Waals surface area contributed by atoms with Crippen molar-refractivity contribution in [2.45, 2.75) is 29.7 Å². The van der Waals surface area contributed by atoms with Crippen molar-refractivity contribution < 1.29 is 19.3 Å². The number of hydrogen-bond acceptors (Lipinski definition) is 9. The quantitative estimate of drug-likeness (QED) is 0.354. The van der Waals surface area contributed by atoms with Crippen molar-refractivity contribution in [2.75, 3.05) is 11.5 Å². The molecule has 1 aliphatic heterocycles. The molecule has 5 N–H and O–H groups in total. The lowest BCUT2D eigenvalue weighted by atomic mass is 10.1. The molecule has 4 atom stereocenters. The second kappa shape index (κ2) is 6.91. The molecule has 1 aromatic carbocycles. The standard InChI is InChI=1S/C17H16FN7O3S/c18-7-1-2-8-9(3-7)24-17(23-8)29-4-10-12(26)13(27)16(28-10)25-6-22-11-14(19)20-5-21-15(11)25/h1-3,5-6,10,12-13,16,26-27H,4H2,(H,23,24)(H2,19,20,21)/t10-,12-,13-,16-/m1/s1. The summed E-state index contributed by atoms with van der Waals surface area (Å²) in [5, 5.41) is 21.5. The van der Waals surface area contributed by atoms with Gasteiger partial charge in [-0.25, -0.2) is 24.3 Å². The van der Waals surface area contributed by atoms with Gasteiger partial charge in [-0.1, -0.05) is 11.8 Å². The number of nitrogen functional groups attached to an aromatic ring is 1. The molecule has 0 unspecified atom stereocenters. The Bertz CT molecular complexity index is 1200. The van der Waals surface area contributed by atoms with E-state index in [9.17, 15) is 14.6 Å². The number of aliphatic hydroxyl groups excluding tert-OH is 2. The second-order valence-corrected chi connectivity index (χ2v) is 7.65. The number of nitrogens with zero attached hydrogens (tertiary/aromatic N) is 5. The van der Waals surface area contributed by atoms with Crippen LogP contribution in [0, 0.1) is 5.82 Å². The van der Waals surface area contributed by atoms with Gasteiger partial charge in [0.05, 0.1) is 23.5 Å². The van der Waals surface area contributed by atoms with Crippen molar-refractivity contribution >= 4 is 39.8 Å². The smallest absolute Gasteiger partial charge is 0.167 e. The molecule has 0 amide bonds. The third kappa shape index (κ3) is 3.09. The Morgan fingerprint density at radius 3 is 2.97 bits per heavy atom. The molecule has 1 aliphatic rings. The van der Waals surface area contributed by atoms with Gasteiger partial charge in [-0.2, -0.15) is 0 Å². The molecule has 0 radical (unpaired) electrons. The SMILES string of the molecule is Nc1ncnc2c1ncn2[C@@H]1O[C@H](CSc2nc3ccc(F)cc3[nH]2)[C@@H](O)[C@H]1O. The van der Waals surface area contributed by atoms with Crippen LogP contribution >= 0.6 is 11.8 Å². The predicted octanol–water partition coefficient (Wildman–Crippen LogP) is 0.835. The van der Waals surface area contributed by atoms with Gasteiger partial charge in [-0.3, -0.25) is 4.57 Å². The molecule has 0 aliphatic carbocycles. The van der Waals surface area contributed by atoms with Gasteiger partial charge < -0.3 is 25.7 Å². The average molecular weight is 417 g/mol. The maximum Gasteiger partial charge on any atom is 0.167 e. The number of benzene rings is 1. The highest BCUT2D eigenvalue weighted by Gasteiger charge is 2.44. The molecular formula is C17H16FN7O3S.